The van der Waals surface area contributed by atoms with E-state index in [9.17, 15) is 0 Å². The Kier molecular flexibility index (Phi) is 3.67. The molecule has 0 spiro atoms. The molecular formula is C13H20N2O. The van der Waals surface area contributed by atoms with Gasteiger partial charge in [0.1, 0.15) is 0 Å². The van der Waals surface area contributed by atoms with Crippen molar-refractivity contribution in [3.63, 3.8) is 0 Å². The van der Waals surface area contributed by atoms with E-state index in [-0.39, 0.29) is 0 Å². The van der Waals surface area contributed by atoms with Crippen molar-refractivity contribution in [1.29, 1.82) is 0 Å². The standard InChI is InChI=1S/C13H20N2O/c1-10-7-11(14)9-12(8-10)15-5-4-13-3-2-6-16-13/h7-9,13,15H,2-6,14H2,1H3. The van der Waals surface area contributed by atoms with Crippen LogP contribution in [0, 0.1) is 6.92 Å². The zero-order valence-electron chi connectivity index (χ0n) is 9.83. The van der Waals surface area contributed by atoms with Crippen molar-refractivity contribution in [3.05, 3.63) is 23.8 Å². The summed E-state index contributed by atoms with van der Waals surface area (Å²) >= 11 is 0. The normalized spacial score (nSPS) is 19.9. The molecular weight excluding hydrogens is 200 g/mol. The van der Waals surface area contributed by atoms with Crippen LogP contribution in [0.2, 0.25) is 0 Å². The molecule has 0 radical (unpaired) electrons. The molecule has 3 heteroatoms. The van der Waals surface area contributed by atoms with Crippen molar-refractivity contribution in [3.8, 4) is 0 Å². The minimum atomic E-state index is 0.453. The first-order chi connectivity index (χ1) is 7.74. The van der Waals surface area contributed by atoms with Crippen LogP contribution in [0.25, 0.3) is 0 Å². The SMILES string of the molecule is Cc1cc(N)cc(NCCC2CCCO2)c1. The lowest BCUT2D eigenvalue weighted by Crippen LogP contribution is -2.12. The summed E-state index contributed by atoms with van der Waals surface area (Å²) in [6.45, 7) is 3.94. The Balaban J connectivity index is 1.80. The minimum Gasteiger partial charge on any atom is -0.399 e. The average Bonchev–Trinajstić information content (AvgIpc) is 2.69. The van der Waals surface area contributed by atoms with E-state index >= 15 is 0 Å². The Hall–Kier alpha value is -1.22. The molecule has 0 bridgehead atoms. The van der Waals surface area contributed by atoms with Crippen LogP contribution in [-0.4, -0.2) is 19.3 Å². The van der Waals surface area contributed by atoms with Crippen molar-refractivity contribution in [2.75, 3.05) is 24.2 Å². The summed E-state index contributed by atoms with van der Waals surface area (Å²) in [4.78, 5) is 0. The molecule has 1 fully saturated rings. The summed E-state index contributed by atoms with van der Waals surface area (Å²) in [5, 5.41) is 3.39. The molecule has 1 atom stereocenters. The number of benzene rings is 1. The number of hydrogen-bond acceptors (Lipinski definition) is 3. The largest absolute Gasteiger partial charge is 0.399 e. The van der Waals surface area contributed by atoms with Crippen molar-refractivity contribution in [1.82, 2.24) is 0 Å². The minimum absolute atomic E-state index is 0.453. The fourth-order valence-corrected chi connectivity index (χ4v) is 2.16. The third-order valence-electron chi connectivity index (χ3n) is 2.92. The maximum absolute atomic E-state index is 5.79. The van der Waals surface area contributed by atoms with Crippen LogP contribution in [-0.2, 0) is 4.74 Å². The second-order valence-electron chi connectivity index (χ2n) is 4.48. The lowest BCUT2D eigenvalue weighted by atomic mass is 10.1. The van der Waals surface area contributed by atoms with Crippen LogP contribution in [0.15, 0.2) is 18.2 Å². The molecule has 1 aliphatic heterocycles. The molecule has 1 aromatic rings. The molecule has 1 aromatic carbocycles. The number of hydrogen-bond donors (Lipinski definition) is 2. The predicted molar refractivity (Wildman–Crippen MR) is 67.7 cm³/mol. The number of nitrogens with two attached hydrogens (primary N) is 1. The van der Waals surface area contributed by atoms with Crippen LogP contribution >= 0.6 is 0 Å². The van der Waals surface area contributed by atoms with Gasteiger partial charge in [0.2, 0.25) is 0 Å². The summed E-state index contributed by atoms with van der Waals surface area (Å²) in [5.41, 5.74) is 8.91. The number of ether oxygens (including phenoxy) is 1. The predicted octanol–water partition coefficient (Wildman–Crippen LogP) is 2.56. The van der Waals surface area contributed by atoms with Gasteiger partial charge in [-0.3, -0.25) is 0 Å². The van der Waals surface area contributed by atoms with Gasteiger partial charge in [0, 0.05) is 24.5 Å². The first-order valence-corrected chi connectivity index (χ1v) is 5.97. The van der Waals surface area contributed by atoms with Gasteiger partial charge in [0.05, 0.1) is 6.10 Å². The molecule has 3 N–H and O–H groups in total. The second-order valence-corrected chi connectivity index (χ2v) is 4.48. The third kappa shape index (κ3) is 3.14. The van der Waals surface area contributed by atoms with E-state index in [0.717, 1.165) is 30.9 Å². The lowest BCUT2D eigenvalue weighted by Gasteiger charge is -2.11. The number of anilines is 2. The van der Waals surface area contributed by atoms with Gasteiger partial charge in [-0.15, -0.1) is 0 Å². The molecule has 3 nitrogen and oxygen atoms in total. The fourth-order valence-electron chi connectivity index (χ4n) is 2.16. The fraction of sp³-hybridized carbons (Fsp3) is 0.538. The zero-order valence-corrected chi connectivity index (χ0v) is 9.83. The molecule has 88 valence electrons. The number of aryl methyl sites for hydroxylation is 1. The summed E-state index contributed by atoms with van der Waals surface area (Å²) in [6.07, 6.45) is 3.95. The maximum atomic E-state index is 5.79. The van der Waals surface area contributed by atoms with Crippen molar-refractivity contribution < 1.29 is 4.74 Å². The summed E-state index contributed by atoms with van der Waals surface area (Å²) in [7, 11) is 0. The first kappa shape index (κ1) is 11.3. The Bertz CT molecular complexity index is 326. The van der Waals surface area contributed by atoms with Gasteiger partial charge in [0.15, 0.2) is 0 Å². The van der Waals surface area contributed by atoms with E-state index in [1.54, 1.807) is 0 Å². The van der Waals surface area contributed by atoms with E-state index < -0.39 is 0 Å². The van der Waals surface area contributed by atoms with E-state index in [4.69, 9.17) is 10.5 Å². The van der Waals surface area contributed by atoms with Gasteiger partial charge >= 0.3 is 0 Å². The van der Waals surface area contributed by atoms with Crippen LogP contribution in [0.3, 0.4) is 0 Å². The van der Waals surface area contributed by atoms with Crippen molar-refractivity contribution >= 4 is 11.4 Å². The average molecular weight is 220 g/mol. The van der Waals surface area contributed by atoms with Crippen LogP contribution in [0.4, 0.5) is 11.4 Å². The molecule has 0 amide bonds. The third-order valence-corrected chi connectivity index (χ3v) is 2.92. The van der Waals surface area contributed by atoms with Crippen molar-refractivity contribution in [2.45, 2.75) is 32.3 Å². The van der Waals surface area contributed by atoms with E-state index in [1.807, 2.05) is 12.1 Å². The number of nitrogens with one attached hydrogen (secondary N) is 1. The van der Waals surface area contributed by atoms with Crippen LogP contribution < -0.4 is 11.1 Å². The first-order valence-electron chi connectivity index (χ1n) is 5.97. The van der Waals surface area contributed by atoms with Gasteiger partial charge < -0.3 is 15.8 Å². The highest BCUT2D eigenvalue weighted by atomic mass is 16.5. The Morgan fingerprint density at radius 2 is 2.31 bits per heavy atom. The van der Waals surface area contributed by atoms with Crippen LogP contribution in [0.5, 0.6) is 0 Å². The molecule has 1 unspecified atom stereocenters. The maximum Gasteiger partial charge on any atom is 0.0592 e. The smallest absolute Gasteiger partial charge is 0.0592 e. The zero-order chi connectivity index (χ0) is 11.4. The summed E-state index contributed by atoms with van der Waals surface area (Å²) in [6, 6.07) is 6.07. The molecule has 0 aliphatic carbocycles. The van der Waals surface area contributed by atoms with Gasteiger partial charge in [-0.2, -0.15) is 0 Å². The molecule has 1 heterocycles. The highest BCUT2D eigenvalue weighted by Gasteiger charge is 2.14. The van der Waals surface area contributed by atoms with Gasteiger partial charge in [-0.05, 0) is 49.9 Å². The number of rotatable bonds is 4. The summed E-state index contributed by atoms with van der Waals surface area (Å²) in [5.74, 6) is 0. The Labute approximate surface area is 97.0 Å². The van der Waals surface area contributed by atoms with Gasteiger partial charge in [-0.25, -0.2) is 0 Å². The van der Waals surface area contributed by atoms with Crippen molar-refractivity contribution in [2.24, 2.45) is 0 Å². The molecule has 16 heavy (non-hydrogen) atoms. The quantitative estimate of drug-likeness (QED) is 0.767. The number of nitrogen functional groups attached to an aromatic ring is 1. The second kappa shape index (κ2) is 5.21. The van der Waals surface area contributed by atoms with E-state index in [2.05, 4.69) is 18.3 Å². The Morgan fingerprint density at radius 3 is 3.00 bits per heavy atom. The van der Waals surface area contributed by atoms with Crippen LogP contribution in [0.1, 0.15) is 24.8 Å². The highest BCUT2D eigenvalue weighted by molar-refractivity contribution is 5.56. The molecule has 0 saturated carbocycles. The molecule has 1 aliphatic rings. The van der Waals surface area contributed by atoms with E-state index in [0.29, 0.717) is 6.10 Å². The molecule has 0 aromatic heterocycles. The summed E-state index contributed by atoms with van der Waals surface area (Å²) < 4.78 is 5.57. The highest BCUT2D eigenvalue weighted by Crippen LogP contribution is 2.18. The van der Waals surface area contributed by atoms with Gasteiger partial charge in [0.25, 0.3) is 0 Å². The molecule has 1 saturated heterocycles. The monoisotopic (exact) mass is 220 g/mol. The lowest BCUT2D eigenvalue weighted by molar-refractivity contribution is 0.107. The topological polar surface area (TPSA) is 47.3 Å². The van der Waals surface area contributed by atoms with E-state index in [1.165, 1.54) is 18.4 Å². The van der Waals surface area contributed by atoms with Gasteiger partial charge in [-0.1, -0.05) is 0 Å². The Morgan fingerprint density at radius 1 is 1.44 bits per heavy atom. The molecule has 2 rings (SSSR count).